The average molecular weight is 362 g/mol. The zero-order valence-electron chi connectivity index (χ0n) is 16.2. The molecule has 138 valence electrons. The SMILES string of the molecule is CC(C)C1(C)CCN(C)C(=S)CC(C)(C(=O)OCc2ccccc2)C1. The third kappa shape index (κ3) is 4.81. The Bertz CT molecular complexity index is 616. The number of hydrogen-bond acceptors (Lipinski definition) is 3. The van der Waals surface area contributed by atoms with Gasteiger partial charge in [0.1, 0.15) is 6.61 Å². The molecular weight excluding hydrogens is 330 g/mol. The van der Waals surface area contributed by atoms with Gasteiger partial charge in [-0.25, -0.2) is 0 Å². The summed E-state index contributed by atoms with van der Waals surface area (Å²) in [4.78, 5) is 16.0. The van der Waals surface area contributed by atoms with E-state index in [-0.39, 0.29) is 11.4 Å². The molecule has 0 saturated carbocycles. The van der Waals surface area contributed by atoms with Gasteiger partial charge >= 0.3 is 5.97 Å². The lowest BCUT2D eigenvalue weighted by Crippen LogP contribution is -2.45. The van der Waals surface area contributed by atoms with Crippen molar-refractivity contribution in [1.29, 1.82) is 0 Å². The van der Waals surface area contributed by atoms with E-state index in [1.54, 1.807) is 0 Å². The van der Waals surface area contributed by atoms with Crippen molar-refractivity contribution in [3.8, 4) is 0 Å². The van der Waals surface area contributed by atoms with Crippen molar-refractivity contribution in [1.82, 2.24) is 4.90 Å². The minimum Gasteiger partial charge on any atom is -0.460 e. The van der Waals surface area contributed by atoms with Gasteiger partial charge in [0.05, 0.1) is 10.4 Å². The summed E-state index contributed by atoms with van der Waals surface area (Å²) < 4.78 is 5.71. The number of nitrogens with zero attached hydrogens (tertiary/aromatic N) is 1. The molecule has 2 rings (SSSR count). The summed E-state index contributed by atoms with van der Waals surface area (Å²) in [6.07, 6.45) is 2.41. The molecule has 0 amide bonds. The number of esters is 1. The monoisotopic (exact) mass is 361 g/mol. The van der Waals surface area contributed by atoms with Crippen LogP contribution in [-0.2, 0) is 16.1 Å². The van der Waals surface area contributed by atoms with Crippen LogP contribution in [0.4, 0.5) is 0 Å². The molecule has 1 heterocycles. The standard InChI is InChI=1S/C21H31NO2S/c1-16(2)20(3)11-12-22(5)18(25)13-21(4,15-20)19(23)24-14-17-9-7-6-8-10-17/h6-10,16H,11-15H2,1-5H3. The van der Waals surface area contributed by atoms with Crippen molar-refractivity contribution in [2.75, 3.05) is 13.6 Å². The second kappa shape index (κ2) is 7.86. The number of ether oxygens (including phenoxy) is 1. The smallest absolute Gasteiger partial charge is 0.312 e. The van der Waals surface area contributed by atoms with Crippen molar-refractivity contribution in [2.45, 2.75) is 53.6 Å². The van der Waals surface area contributed by atoms with Gasteiger partial charge in [0, 0.05) is 20.0 Å². The molecule has 3 nitrogen and oxygen atoms in total. The van der Waals surface area contributed by atoms with Crippen LogP contribution in [0.3, 0.4) is 0 Å². The van der Waals surface area contributed by atoms with Gasteiger partial charge in [-0.2, -0.15) is 0 Å². The minimum absolute atomic E-state index is 0.0881. The second-order valence-corrected chi connectivity index (χ2v) is 8.82. The van der Waals surface area contributed by atoms with E-state index < -0.39 is 5.41 Å². The van der Waals surface area contributed by atoms with E-state index >= 15 is 0 Å². The quantitative estimate of drug-likeness (QED) is 0.567. The van der Waals surface area contributed by atoms with Crippen LogP contribution in [0.1, 0.15) is 52.5 Å². The van der Waals surface area contributed by atoms with Crippen LogP contribution in [-0.4, -0.2) is 29.5 Å². The summed E-state index contributed by atoms with van der Waals surface area (Å²) in [5.41, 5.74) is 0.515. The van der Waals surface area contributed by atoms with Gasteiger partial charge in [-0.05, 0) is 36.7 Å². The summed E-state index contributed by atoms with van der Waals surface area (Å²) in [7, 11) is 2.03. The fraction of sp³-hybridized carbons (Fsp3) is 0.619. The Morgan fingerprint density at radius 1 is 1.28 bits per heavy atom. The van der Waals surface area contributed by atoms with Crippen LogP contribution in [0.15, 0.2) is 30.3 Å². The topological polar surface area (TPSA) is 29.5 Å². The largest absolute Gasteiger partial charge is 0.460 e. The van der Waals surface area contributed by atoms with Gasteiger partial charge in [-0.15, -0.1) is 0 Å². The first-order valence-electron chi connectivity index (χ1n) is 9.11. The number of likely N-dealkylation sites (tertiary alicyclic amines) is 1. The van der Waals surface area contributed by atoms with Gasteiger partial charge in [0.2, 0.25) is 0 Å². The molecule has 2 unspecified atom stereocenters. The highest BCUT2D eigenvalue weighted by atomic mass is 32.1. The first-order valence-corrected chi connectivity index (χ1v) is 9.52. The van der Waals surface area contributed by atoms with Crippen molar-refractivity contribution < 1.29 is 9.53 Å². The molecule has 25 heavy (non-hydrogen) atoms. The van der Waals surface area contributed by atoms with E-state index in [9.17, 15) is 4.79 Å². The highest BCUT2D eigenvalue weighted by Crippen LogP contribution is 2.46. The highest BCUT2D eigenvalue weighted by Gasteiger charge is 2.45. The van der Waals surface area contributed by atoms with E-state index in [1.165, 1.54) is 0 Å². The Morgan fingerprint density at radius 3 is 2.52 bits per heavy atom. The fourth-order valence-corrected chi connectivity index (χ4v) is 4.00. The summed E-state index contributed by atoms with van der Waals surface area (Å²) in [5, 5.41) is 0. The molecule has 1 fully saturated rings. The van der Waals surface area contributed by atoms with E-state index in [1.807, 2.05) is 44.3 Å². The molecule has 4 heteroatoms. The van der Waals surface area contributed by atoms with Gasteiger partial charge in [-0.1, -0.05) is 63.3 Å². The molecule has 0 aliphatic carbocycles. The first-order chi connectivity index (χ1) is 11.7. The number of carbonyl (C=O) groups is 1. The van der Waals surface area contributed by atoms with Crippen molar-refractivity contribution in [3.63, 3.8) is 0 Å². The lowest BCUT2D eigenvalue weighted by Gasteiger charge is -2.45. The van der Waals surface area contributed by atoms with Gasteiger partial charge < -0.3 is 9.64 Å². The predicted octanol–water partition coefficient (Wildman–Crippen LogP) is 4.84. The summed E-state index contributed by atoms with van der Waals surface area (Å²) in [5.74, 6) is 0.356. The molecule has 0 aromatic heterocycles. The third-order valence-electron chi connectivity index (χ3n) is 5.88. The molecule has 0 bridgehead atoms. The van der Waals surface area contributed by atoms with Crippen molar-refractivity contribution in [2.24, 2.45) is 16.7 Å². The Kier molecular flexibility index (Phi) is 6.26. The molecule has 0 spiro atoms. The maximum Gasteiger partial charge on any atom is 0.312 e. The van der Waals surface area contributed by atoms with Gasteiger partial charge in [0.15, 0.2) is 0 Å². The highest BCUT2D eigenvalue weighted by molar-refractivity contribution is 7.80. The first kappa shape index (κ1) is 19.9. The zero-order chi connectivity index (χ0) is 18.7. The van der Waals surface area contributed by atoms with Crippen LogP contribution >= 0.6 is 12.2 Å². The summed E-state index contributed by atoms with van der Waals surface area (Å²) >= 11 is 5.58. The normalized spacial score (nSPS) is 27.8. The van der Waals surface area contributed by atoms with Crippen LogP contribution in [0.5, 0.6) is 0 Å². The third-order valence-corrected chi connectivity index (χ3v) is 6.33. The van der Waals surface area contributed by atoms with E-state index in [0.717, 1.165) is 29.9 Å². The summed E-state index contributed by atoms with van der Waals surface area (Å²) in [6.45, 7) is 10.1. The zero-order valence-corrected chi connectivity index (χ0v) is 17.0. The predicted molar refractivity (Wildman–Crippen MR) is 106 cm³/mol. The number of benzene rings is 1. The van der Waals surface area contributed by atoms with E-state index in [0.29, 0.717) is 18.9 Å². The molecule has 1 aromatic carbocycles. The molecule has 1 saturated heterocycles. The van der Waals surface area contributed by atoms with Crippen LogP contribution in [0.2, 0.25) is 0 Å². The molecule has 2 atom stereocenters. The molecule has 0 N–H and O–H groups in total. The maximum atomic E-state index is 13.0. The van der Waals surface area contributed by atoms with E-state index in [4.69, 9.17) is 17.0 Å². The number of thiocarbonyl (C=S) groups is 1. The summed E-state index contributed by atoms with van der Waals surface area (Å²) in [6, 6.07) is 9.83. The van der Waals surface area contributed by atoms with Gasteiger partial charge in [0.25, 0.3) is 0 Å². The number of rotatable bonds is 4. The Morgan fingerprint density at radius 2 is 1.92 bits per heavy atom. The minimum atomic E-state index is -0.584. The Balaban J connectivity index is 2.19. The van der Waals surface area contributed by atoms with Crippen LogP contribution in [0, 0.1) is 16.7 Å². The second-order valence-electron chi connectivity index (χ2n) is 8.35. The maximum absolute atomic E-state index is 13.0. The molecule has 0 radical (unpaired) electrons. The molecular formula is C21H31NO2S. The van der Waals surface area contributed by atoms with Crippen molar-refractivity contribution >= 4 is 23.2 Å². The lowest BCUT2D eigenvalue weighted by atomic mass is 9.64. The Labute approximate surface area is 157 Å². The average Bonchev–Trinajstić information content (AvgIpc) is 2.57. The van der Waals surface area contributed by atoms with Crippen molar-refractivity contribution in [3.05, 3.63) is 35.9 Å². The Hall–Kier alpha value is -1.42. The number of hydrogen-bond donors (Lipinski definition) is 0. The van der Waals surface area contributed by atoms with Crippen LogP contribution in [0.25, 0.3) is 0 Å². The van der Waals surface area contributed by atoms with Crippen LogP contribution < -0.4 is 0 Å². The molecule has 1 aliphatic heterocycles. The number of carbonyl (C=O) groups excluding carboxylic acids is 1. The molecule has 1 aromatic rings. The fourth-order valence-electron chi connectivity index (χ4n) is 3.59. The van der Waals surface area contributed by atoms with Gasteiger partial charge in [-0.3, -0.25) is 4.79 Å². The lowest BCUT2D eigenvalue weighted by molar-refractivity contribution is -0.159. The molecule has 1 aliphatic rings. The van der Waals surface area contributed by atoms with E-state index in [2.05, 4.69) is 25.7 Å².